The summed E-state index contributed by atoms with van der Waals surface area (Å²) in [5, 5.41) is 13.2. The lowest BCUT2D eigenvalue weighted by Gasteiger charge is -2.08. The van der Waals surface area contributed by atoms with E-state index in [2.05, 4.69) is 5.10 Å². The van der Waals surface area contributed by atoms with Crippen LogP contribution in [0.15, 0.2) is 48.9 Å². The summed E-state index contributed by atoms with van der Waals surface area (Å²) in [5.74, 6) is -3.68. The molecule has 142 valence electrons. The number of aryl methyl sites for hydroxylation is 1. The van der Waals surface area contributed by atoms with E-state index in [0.717, 1.165) is 11.6 Å². The van der Waals surface area contributed by atoms with Crippen LogP contribution in [0.2, 0.25) is 0 Å². The number of hydrogen-bond donors (Lipinski definition) is 1. The van der Waals surface area contributed by atoms with Gasteiger partial charge in [-0.1, -0.05) is 12.1 Å². The van der Waals surface area contributed by atoms with Crippen molar-refractivity contribution in [2.24, 2.45) is 7.05 Å². The molecule has 0 spiro atoms. The first kappa shape index (κ1) is 17.8. The maximum atomic E-state index is 14.6. The highest BCUT2D eigenvalue weighted by Crippen LogP contribution is 2.28. The summed E-state index contributed by atoms with van der Waals surface area (Å²) in [6.07, 6.45) is 4.54. The van der Waals surface area contributed by atoms with E-state index in [4.69, 9.17) is 0 Å². The molecule has 4 rings (SSSR count). The second kappa shape index (κ2) is 6.56. The summed E-state index contributed by atoms with van der Waals surface area (Å²) in [4.78, 5) is 11.4. The summed E-state index contributed by atoms with van der Waals surface area (Å²) in [5.41, 5.74) is 1.38. The SMILES string of the molecule is Cn1cc(-c2ccc(Cn3cc(C(=O)O)c4c(F)cc(F)cc43)c(F)c2)cn1. The van der Waals surface area contributed by atoms with Crippen molar-refractivity contribution in [1.29, 1.82) is 0 Å². The van der Waals surface area contributed by atoms with E-state index in [1.807, 2.05) is 0 Å². The van der Waals surface area contributed by atoms with E-state index in [9.17, 15) is 23.1 Å². The monoisotopic (exact) mass is 385 g/mol. The van der Waals surface area contributed by atoms with Gasteiger partial charge in [0.15, 0.2) is 0 Å². The molecule has 4 aromatic rings. The van der Waals surface area contributed by atoms with Gasteiger partial charge in [0.1, 0.15) is 17.5 Å². The second-order valence-corrected chi connectivity index (χ2v) is 6.47. The van der Waals surface area contributed by atoms with Gasteiger partial charge in [0.05, 0.1) is 29.2 Å². The predicted octanol–water partition coefficient (Wildman–Crippen LogP) is 4.21. The predicted molar refractivity (Wildman–Crippen MR) is 96.5 cm³/mol. The Morgan fingerprint density at radius 3 is 2.50 bits per heavy atom. The summed E-state index contributed by atoms with van der Waals surface area (Å²) in [6.45, 7) is -0.0776. The summed E-state index contributed by atoms with van der Waals surface area (Å²) >= 11 is 0. The zero-order valence-corrected chi connectivity index (χ0v) is 14.7. The zero-order chi connectivity index (χ0) is 20.0. The number of fused-ring (bicyclic) bond motifs is 1. The number of benzene rings is 2. The van der Waals surface area contributed by atoms with Gasteiger partial charge < -0.3 is 9.67 Å². The van der Waals surface area contributed by atoms with E-state index in [1.54, 1.807) is 36.3 Å². The number of aromatic nitrogens is 3. The summed E-state index contributed by atoms with van der Waals surface area (Å²) in [6, 6.07) is 6.27. The van der Waals surface area contributed by atoms with Crippen molar-refractivity contribution >= 4 is 16.9 Å². The molecule has 0 fully saturated rings. The molecule has 0 amide bonds. The highest BCUT2D eigenvalue weighted by Gasteiger charge is 2.20. The van der Waals surface area contributed by atoms with Crippen LogP contribution in [0.25, 0.3) is 22.0 Å². The average Bonchev–Trinajstić information content (AvgIpc) is 3.21. The number of aromatic carboxylic acids is 1. The lowest BCUT2D eigenvalue weighted by atomic mass is 10.1. The van der Waals surface area contributed by atoms with Gasteiger partial charge in [-0.3, -0.25) is 4.68 Å². The van der Waals surface area contributed by atoms with Crippen molar-refractivity contribution in [3.05, 3.63) is 77.5 Å². The van der Waals surface area contributed by atoms with E-state index in [0.29, 0.717) is 11.6 Å². The molecule has 28 heavy (non-hydrogen) atoms. The fraction of sp³-hybridized carbons (Fsp3) is 0.100. The standard InChI is InChI=1S/C20H14F3N3O2/c1-25-8-13(7-24-25)11-2-3-12(16(22)4-11)9-26-10-15(20(27)28)19-17(23)5-14(21)6-18(19)26/h2-8,10H,9H2,1H3,(H,27,28). The van der Waals surface area contributed by atoms with Crippen LogP contribution >= 0.6 is 0 Å². The van der Waals surface area contributed by atoms with Crippen molar-refractivity contribution in [3.8, 4) is 11.1 Å². The number of rotatable bonds is 4. The largest absolute Gasteiger partial charge is 0.478 e. The second-order valence-electron chi connectivity index (χ2n) is 6.47. The lowest BCUT2D eigenvalue weighted by molar-refractivity contribution is 0.0698. The van der Waals surface area contributed by atoms with Crippen LogP contribution in [-0.2, 0) is 13.6 Å². The molecule has 0 aliphatic carbocycles. The van der Waals surface area contributed by atoms with Crippen LogP contribution < -0.4 is 0 Å². The molecule has 0 unspecified atom stereocenters. The molecule has 0 bridgehead atoms. The Morgan fingerprint density at radius 1 is 1.07 bits per heavy atom. The first-order valence-corrected chi connectivity index (χ1v) is 8.32. The molecule has 0 aliphatic rings. The van der Waals surface area contributed by atoms with E-state index in [1.165, 1.54) is 16.8 Å². The molecule has 2 heterocycles. The molecule has 0 radical (unpaired) electrons. The van der Waals surface area contributed by atoms with Crippen LogP contribution in [0.4, 0.5) is 13.2 Å². The first-order chi connectivity index (χ1) is 13.3. The molecule has 8 heteroatoms. The van der Waals surface area contributed by atoms with Gasteiger partial charge in [0.2, 0.25) is 0 Å². The topological polar surface area (TPSA) is 60.0 Å². The van der Waals surface area contributed by atoms with Crippen molar-refractivity contribution in [2.45, 2.75) is 6.54 Å². The molecule has 5 nitrogen and oxygen atoms in total. The molecular formula is C20H14F3N3O2. The van der Waals surface area contributed by atoms with Gasteiger partial charge in [0, 0.05) is 36.6 Å². The van der Waals surface area contributed by atoms with Crippen molar-refractivity contribution in [2.75, 3.05) is 0 Å². The molecular weight excluding hydrogens is 371 g/mol. The highest BCUT2D eigenvalue weighted by molar-refractivity contribution is 6.03. The average molecular weight is 385 g/mol. The fourth-order valence-electron chi connectivity index (χ4n) is 3.24. The Balaban J connectivity index is 1.77. The Bertz CT molecular complexity index is 1230. The fourth-order valence-corrected chi connectivity index (χ4v) is 3.24. The number of halogens is 3. The Morgan fingerprint density at radius 2 is 1.86 bits per heavy atom. The van der Waals surface area contributed by atoms with Gasteiger partial charge in [0.25, 0.3) is 0 Å². The number of nitrogens with zero attached hydrogens (tertiary/aromatic N) is 3. The molecule has 0 saturated carbocycles. The Kier molecular flexibility index (Phi) is 4.18. The number of carboxylic acid groups (broad SMARTS) is 1. The van der Waals surface area contributed by atoms with Gasteiger partial charge in [-0.05, 0) is 17.7 Å². The Hall–Kier alpha value is -3.55. The molecule has 1 N–H and O–H groups in total. The van der Waals surface area contributed by atoms with Crippen LogP contribution in [0.5, 0.6) is 0 Å². The quantitative estimate of drug-likeness (QED) is 0.573. The minimum Gasteiger partial charge on any atom is -0.478 e. The van der Waals surface area contributed by atoms with Crippen molar-refractivity contribution in [3.63, 3.8) is 0 Å². The number of hydrogen-bond acceptors (Lipinski definition) is 2. The third-order valence-electron chi connectivity index (χ3n) is 4.56. The van der Waals surface area contributed by atoms with E-state index >= 15 is 0 Å². The van der Waals surface area contributed by atoms with Gasteiger partial charge in [-0.15, -0.1) is 0 Å². The van der Waals surface area contributed by atoms with E-state index in [-0.39, 0.29) is 28.6 Å². The van der Waals surface area contributed by atoms with Crippen LogP contribution in [0.3, 0.4) is 0 Å². The molecule has 2 aromatic carbocycles. The highest BCUT2D eigenvalue weighted by atomic mass is 19.1. The minimum absolute atomic E-state index is 0.0469. The van der Waals surface area contributed by atoms with Crippen LogP contribution in [-0.4, -0.2) is 25.4 Å². The molecule has 0 aliphatic heterocycles. The van der Waals surface area contributed by atoms with E-state index < -0.39 is 23.4 Å². The molecule has 2 aromatic heterocycles. The number of carboxylic acids is 1. The zero-order valence-electron chi connectivity index (χ0n) is 14.7. The smallest absolute Gasteiger partial charge is 0.337 e. The number of carbonyl (C=O) groups is 1. The summed E-state index contributed by atoms with van der Waals surface area (Å²) < 4.78 is 45.4. The van der Waals surface area contributed by atoms with Crippen LogP contribution in [0, 0.1) is 17.5 Å². The van der Waals surface area contributed by atoms with Crippen molar-refractivity contribution in [1.82, 2.24) is 14.3 Å². The maximum absolute atomic E-state index is 14.6. The lowest BCUT2D eigenvalue weighted by Crippen LogP contribution is -2.01. The minimum atomic E-state index is -1.35. The Labute approximate surface area is 157 Å². The van der Waals surface area contributed by atoms with Crippen molar-refractivity contribution < 1.29 is 23.1 Å². The first-order valence-electron chi connectivity index (χ1n) is 8.32. The van der Waals surface area contributed by atoms with Gasteiger partial charge in [-0.25, -0.2) is 18.0 Å². The normalized spacial score (nSPS) is 11.3. The van der Waals surface area contributed by atoms with Gasteiger partial charge >= 0.3 is 5.97 Å². The summed E-state index contributed by atoms with van der Waals surface area (Å²) in [7, 11) is 1.75. The van der Waals surface area contributed by atoms with Crippen LogP contribution in [0.1, 0.15) is 15.9 Å². The third-order valence-corrected chi connectivity index (χ3v) is 4.56. The third kappa shape index (κ3) is 3.02. The maximum Gasteiger partial charge on any atom is 0.337 e. The molecule has 0 saturated heterocycles. The van der Waals surface area contributed by atoms with Gasteiger partial charge in [-0.2, -0.15) is 5.10 Å². The molecule has 0 atom stereocenters.